The number of hydrogen-bond donors (Lipinski definition) is 4. The zero-order valence-corrected chi connectivity index (χ0v) is 29.3. The van der Waals surface area contributed by atoms with Crippen molar-refractivity contribution in [1.29, 1.82) is 0 Å². The number of ketones is 5. The maximum atomic E-state index is 13.1. The quantitative estimate of drug-likeness (QED) is 0.100. The lowest BCUT2D eigenvalue weighted by atomic mass is 10.00. The van der Waals surface area contributed by atoms with E-state index in [1.807, 2.05) is 6.92 Å². The van der Waals surface area contributed by atoms with Gasteiger partial charge in [-0.1, -0.05) is 13.8 Å². The molecule has 0 fully saturated rings. The van der Waals surface area contributed by atoms with Gasteiger partial charge in [0, 0.05) is 82.5 Å². The van der Waals surface area contributed by atoms with Crippen molar-refractivity contribution in [3.05, 3.63) is 0 Å². The van der Waals surface area contributed by atoms with Gasteiger partial charge in [0.2, 0.25) is 23.6 Å². The number of hydrogen-bond acceptors (Lipinski definition) is 9. The second-order valence-electron chi connectivity index (χ2n) is 13.2. The third-order valence-corrected chi connectivity index (χ3v) is 7.20. The van der Waals surface area contributed by atoms with E-state index in [4.69, 9.17) is 0 Å². The lowest BCUT2D eigenvalue weighted by molar-refractivity contribution is -0.127. The lowest BCUT2D eigenvalue weighted by Crippen LogP contribution is -2.46. The molecular weight excluding hydrogens is 608 g/mol. The molecule has 4 atom stereocenters. The molecule has 4 unspecified atom stereocenters. The second kappa shape index (κ2) is 23.5. The second-order valence-corrected chi connectivity index (χ2v) is 13.2. The molecular formula is C34H56N4O9. The van der Waals surface area contributed by atoms with Gasteiger partial charge in [-0.3, -0.25) is 33.6 Å². The van der Waals surface area contributed by atoms with Gasteiger partial charge in [-0.2, -0.15) is 0 Å². The molecule has 13 nitrogen and oxygen atoms in total. The molecule has 0 radical (unpaired) electrons. The molecule has 0 aliphatic carbocycles. The van der Waals surface area contributed by atoms with Gasteiger partial charge in [0.1, 0.15) is 28.9 Å². The average Bonchev–Trinajstić information content (AvgIpc) is 2.85. The average molecular weight is 665 g/mol. The number of amides is 4. The van der Waals surface area contributed by atoms with Crippen molar-refractivity contribution in [1.82, 2.24) is 21.3 Å². The van der Waals surface area contributed by atoms with Crippen LogP contribution in [0.5, 0.6) is 0 Å². The zero-order valence-electron chi connectivity index (χ0n) is 29.3. The van der Waals surface area contributed by atoms with Crippen LogP contribution in [-0.4, -0.2) is 77.2 Å². The first kappa shape index (κ1) is 43.2. The van der Waals surface area contributed by atoms with Crippen LogP contribution in [0.25, 0.3) is 0 Å². The molecule has 0 aromatic rings. The van der Waals surface area contributed by atoms with E-state index in [-0.39, 0.29) is 98.0 Å². The van der Waals surface area contributed by atoms with E-state index < -0.39 is 35.8 Å². The monoisotopic (exact) mass is 664 g/mol. The minimum absolute atomic E-state index is 0.00968. The van der Waals surface area contributed by atoms with Crippen LogP contribution in [0, 0.1) is 11.8 Å². The van der Waals surface area contributed by atoms with Crippen molar-refractivity contribution in [2.75, 3.05) is 6.54 Å². The summed E-state index contributed by atoms with van der Waals surface area (Å²) in [7, 11) is 0. The van der Waals surface area contributed by atoms with Crippen LogP contribution in [0.15, 0.2) is 0 Å². The molecule has 266 valence electrons. The highest BCUT2D eigenvalue weighted by atomic mass is 16.2. The Kier molecular flexibility index (Phi) is 21.6. The number of rotatable bonds is 26. The van der Waals surface area contributed by atoms with Crippen molar-refractivity contribution in [2.24, 2.45) is 11.8 Å². The first-order valence-corrected chi connectivity index (χ1v) is 16.5. The number of carbonyl (C=O) groups is 9. The molecule has 0 aromatic heterocycles. The van der Waals surface area contributed by atoms with Crippen molar-refractivity contribution in [3.8, 4) is 0 Å². The van der Waals surface area contributed by atoms with Crippen LogP contribution in [-0.2, 0) is 43.2 Å². The molecule has 0 aliphatic rings. The Morgan fingerprint density at radius 3 is 1.17 bits per heavy atom. The summed E-state index contributed by atoms with van der Waals surface area (Å²) in [5.41, 5.74) is 0. The van der Waals surface area contributed by atoms with Gasteiger partial charge in [-0.15, -0.1) is 0 Å². The van der Waals surface area contributed by atoms with Crippen LogP contribution in [0.4, 0.5) is 0 Å². The predicted octanol–water partition coefficient (Wildman–Crippen LogP) is 2.46. The highest BCUT2D eigenvalue weighted by Crippen LogP contribution is 2.12. The number of unbranched alkanes of at least 4 members (excludes halogenated alkanes) is 1. The van der Waals surface area contributed by atoms with E-state index in [0.717, 1.165) is 0 Å². The highest BCUT2D eigenvalue weighted by Gasteiger charge is 2.25. The van der Waals surface area contributed by atoms with Gasteiger partial charge in [-0.05, 0) is 65.7 Å². The Morgan fingerprint density at radius 1 is 0.404 bits per heavy atom. The van der Waals surface area contributed by atoms with E-state index in [1.165, 1.54) is 34.6 Å². The van der Waals surface area contributed by atoms with Crippen LogP contribution >= 0.6 is 0 Å². The summed E-state index contributed by atoms with van der Waals surface area (Å²) in [6, 6.07) is -2.14. The van der Waals surface area contributed by atoms with Crippen LogP contribution < -0.4 is 21.3 Å². The van der Waals surface area contributed by atoms with Gasteiger partial charge in [0.25, 0.3) is 0 Å². The molecule has 4 amide bonds. The van der Waals surface area contributed by atoms with Crippen molar-refractivity contribution in [3.63, 3.8) is 0 Å². The third kappa shape index (κ3) is 25.1. The molecule has 4 N–H and O–H groups in total. The largest absolute Gasteiger partial charge is 0.356 e. The van der Waals surface area contributed by atoms with Gasteiger partial charge in [-0.25, -0.2) is 0 Å². The number of Topliss-reactive ketones (excluding diaryl/α,β-unsaturated/α-hetero) is 5. The molecule has 0 saturated heterocycles. The van der Waals surface area contributed by atoms with Crippen LogP contribution in [0.3, 0.4) is 0 Å². The van der Waals surface area contributed by atoms with E-state index in [0.29, 0.717) is 32.2 Å². The summed E-state index contributed by atoms with van der Waals surface area (Å²) in [6.45, 7) is 11.0. The van der Waals surface area contributed by atoms with Crippen LogP contribution in [0.1, 0.15) is 126 Å². The SMILES string of the molecule is CC(=O)CC(C)CC(=O)NCCCCC(CC(C)=O)NC(=O)CC(CC(=O)NC(CC(C)=O)CC(C)=O)NC(=O)CC(C)CC(C)=O. The van der Waals surface area contributed by atoms with Crippen molar-refractivity contribution < 1.29 is 43.2 Å². The minimum Gasteiger partial charge on any atom is -0.356 e. The first-order chi connectivity index (χ1) is 21.9. The van der Waals surface area contributed by atoms with Gasteiger partial charge < -0.3 is 30.9 Å². The molecule has 0 spiro atoms. The molecule has 47 heavy (non-hydrogen) atoms. The summed E-state index contributed by atoms with van der Waals surface area (Å²) in [6.07, 6.45) is 1.90. The topological polar surface area (TPSA) is 202 Å². The molecule has 0 aromatic carbocycles. The molecule has 0 bridgehead atoms. The Balaban J connectivity index is 5.36. The summed E-state index contributed by atoms with van der Waals surface area (Å²) in [5, 5.41) is 11.0. The van der Waals surface area contributed by atoms with Crippen molar-refractivity contribution >= 4 is 52.5 Å². The van der Waals surface area contributed by atoms with Crippen LogP contribution in [0.2, 0.25) is 0 Å². The van der Waals surface area contributed by atoms with E-state index >= 15 is 0 Å². The van der Waals surface area contributed by atoms with E-state index in [9.17, 15) is 43.2 Å². The maximum absolute atomic E-state index is 13.1. The fraction of sp³-hybridized carbons (Fsp3) is 0.735. The fourth-order valence-corrected chi connectivity index (χ4v) is 5.50. The predicted molar refractivity (Wildman–Crippen MR) is 176 cm³/mol. The highest BCUT2D eigenvalue weighted by molar-refractivity contribution is 5.86. The Labute approximate surface area is 278 Å². The summed E-state index contributed by atoms with van der Waals surface area (Å²) in [4.78, 5) is 109. The third-order valence-electron chi connectivity index (χ3n) is 7.20. The zero-order chi connectivity index (χ0) is 36.1. The normalized spacial score (nSPS) is 13.4. The first-order valence-electron chi connectivity index (χ1n) is 16.5. The van der Waals surface area contributed by atoms with E-state index in [1.54, 1.807) is 6.92 Å². The molecule has 0 saturated carbocycles. The standard InChI is InChI=1S/C34H56N4O9/c1-21(12-23(3)39)14-31(44)35-11-9-8-10-28(16-25(5)41)36-33(46)19-30(38-32(45)15-22(2)13-24(4)40)20-34(47)37-29(17-26(6)42)18-27(7)43/h21-22,28-30H,8-20H2,1-7H3,(H,35,44)(H,36,46)(H,37,47)(H,38,45). The summed E-state index contributed by atoms with van der Waals surface area (Å²) in [5.74, 6) is -2.50. The minimum atomic E-state index is -0.930. The summed E-state index contributed by atoms with van der Waals surface area (Å²) >= 11 is 0. The Hall–Kier alpha value is -3.77. The molecule has 0 heterocycles. The smallest absolute Gasteiger partial charge is 0.222 e. The van der Waals surface area contributed by atoms with Crippen molar-refractivity contribution in [2.45, 2.75) is 144 Å². The summed E-state index contributed by atoms with van der Waals surface area (Å²) < 4.78 is 0. The number of carbonyl (C=O) groups excluding carboxylic acids is 9. The van der Waals surface area contributed by atoms with Gasteiger partial charge in [0.05, 0.1) is 0 Å². The molecule has 0 rings (SSSR count). The lowest BCUT2D eigenvalue weighted by Gasteiger charge is -2.23. The molecule has 13 heteroatoms. The molecule has 0 aliphatic heterocycles. The maximum Gasteiger partial charge on any atom is 0.222 e. The van der Waals surface area contributed by atoms with Gasteiger partial charge >= 0.3 is 0 Å². The fourth-order valence-electron chi connectivity index (χ4n) is 5.50. The van der Waals surface area contributed by atoms with E-state index in [2.05, 4.69) is 21.3 Å². The Bertz CT molecular complexity index is 1100. The number of nitrogens with one attached hydrogen (secondary N) is 4. The van der Waals surface area contributed by atoms with Gasteiger partial charge in [0.15, 0.2) is 0 Å². The Morgan fingerprint density at radius 2 is 0.745 bits per heavy atom.